The second-order valence-electron chi connectivity index (χ2n) is 5.61. The summed E-state index contributed by atoms with van der Waals surface area (Å²) in [7, 11) is 4.76. The van der Waals surface area contributed by atoms with E-state index < -0.39 is 0 Å². The van der Waals surface area contributed by atoms with Crippen LogP contribution in [0.2, 0.25) is 5.21 Å². The maximum Gasteiger partial charge on any atom is 0.149 e. The van der Waals surface area contributed by atoms with Gasteiger partial charge in [0.1, 0.15) is 14.6 Å². The predicted molar refractivity (Wildman–Crippen MR) is 77.4 cm³/mol. The lowest BCUT2D eigenvalue weighted by Gasteiger charge is -2.28. The van der Waals surface area contributed by atoms with Crippen LogP contribution in [0, 0.1) is 5.92 Å². The summed E-state index contributed by atoms with van der Waals surface area (Å²) in [5.41, 5.74) is 2.68. The van der Waals surface area contributed by atoms with Gasteiger partial charge in [0.05, 0.1) is 0 Å². The third-order valence-electron chi connectivity index (χ3n) is 3.71. The zero-order chi connectivity index (χ0) is 12.0. The molecule has 1 aliphatic heterocycles. The second kappa shape index (κ2) is 3.87. The van der Waals surface area contributed by atoms with E-state index >= 15 is 0 Å². The molecule has 0 bridgehead atoms. The summed E-state index contributed by atoms with van der Waals surface area (Å²) in [6.45, 7) is 8.95. The Morgan fingerprint density at radius 1 is 1.06 bits per heavy atom. The molecule has 0 atom stereocenters. The van der Waals surface area contributed by atoms with E-state index in [1.807, 2.05) is 0 Å². The van der Waals surface area contributed by atoms with Gasteiger partial charge in [-0.15, -0.1) is 0 Å². The lowest BCUT2D eigenvalue weighted by atomic mass is 9.35. The van der Waals surface area contributed by atoms with Crippen molar-refractivity contribution < 1.29 is 0 Å². The molecule has 0 unspecified atom stereocenters. The van der Waals surface area contributed by atoms with Gasteiger partial charge in [-0.25, -0.2) is 0 Å². The fraction of sp³-hybridized carbons (Fsp3) is 0.538. The minimum atomic E-state index is -0.125. The Morgan fingerprint density at radius 3 is 1.88 bits per heavy atom. The first kappa shape index (κ1) is 12.2. The van der Waals surface area contributed by atoms with Crippen LogP contribution in [0.4, 0.5) is 0 Å². The molecule has 0 nitrogen and oxygen atoms in total. The molecule has 0 saturated carbocycles. The SMILES string of the molecule is CC(C)C1(C)[B]C2=C([B]1)C=CC(C)(S)C=C2. The lowest BCUT2D eigenvalue weighted by molar-refractivity contribution is 0.568. The Balaban J connectivity index is 2.25. The normalized spacial score (nSPS) is 25.1. The molecule has 3 heteroatoms. The molecule has 2 aliphatic rings. The highest BCUT2D eigenvalue weighted by atomic mass is 32.1. The largest absolute Gasteiger partial charge is 0.164 e. The average molecular weight is 228 g/mol. The molecule has 2 radical (unpaired) electrons. The lowest BCUT2D eigenvalue weighted by Crippen LogP contribution is -2.25. The van der Waals surface area contributed by atoms with Crippen molar-refractivity contribution in [2.75, 3.05) is 0 Å². The zero-order valence-electron chi connectivity index (χ0n) is 10.5. The molecule has 0 aromatic carbocycles. The smallest absolute Gasteiger partial charge is 0.149 e. The summed E-state index contributed by atoms with van der Waals surface area (Å²) in [5, 5.41) is 0.198. The topological polar surface area (TPSA) is 0 Å². The molecule has 0 aromatic heterocycles. The summed E-state index contributed by atoms with van der Waals surface area (Å²) in [4.78, 5) is 0. The van der Waals surface area contributed by atoms with E-state index in [9.17, 15) is 0 Å². The molecule has 82 valence electrons. The van der Waals surface area contributed by atoms with E-state index in [-0.39, 0.29) is 9.96 Å². The Labute approximate surface area is 106 Å². The van der Waals surface area contributed by atoms with Gasteiger partial charge in [0, 0.05) is 4.75 Å². The Bertz CT molecular complexity index is 361. The molecule has 0 amide bonds. The first-order valence-corrected chi connectivity index (χ1v) is 6.34. The number of rotatable bonds is 1. The van der Waals surface area contributed by atoms with Crippen molar-refractivity contribution in [3.05, 3.63) is 35.2 Å². The minimum Gasteiger partial charge on any atom is -0.164 e. The summed E-state index contributed by atoms with van der Waals surface area (Å²) in [5.74, 6) is 0.628. The highest BCUT2D eigenvalue weighted by Crippen LogP contribution is 2.43. The van der Waals surface area contributed by atoms with Gasteiger partial charge in [0.15, 0.2) is 0 Å². The summed E-state index contributed by atoms with van der Waals surface area (Å²) in [6.07, 6.45) is 8.72. The van der Waals surface area contributed by atoms with Crippen LogP contribution in [0.25, 0.3) is 0 Å². The maximum absolute atomic E-state index is 4.59. The fourth-order valence-electron chi connectivity index (χ4n) is 2.07. The van der Waals surface area contributed by atoms with Gasteiger partial charge >= 0.3 is 0 Å². The third kappa shape index (κ3) is 2.20. The molecular formula is C13H18B2S. The van der Waals surface area contributed by atoms with E-state index in [1.54, 1.807) is 0 Å². The molecule has 0 spiro atoms. The summed E-state index contributed by atoms with van der Waals surface area (Å²) >= 11 is 4.59. The molecule has 1 heterocycles. The van der Waals surface area contributed by atoms with Crippen LogP contribution < -0.4 is 0 Å². The summed E-state index contributed by atoms with van der Waals surface area (Å²) < 4.78 is -0.125. The molecule has 0 saturated heterocycles. The van der Waals surface area contributed by atoms with E-state index in [0.29, 0.717) is 5.92 Å². The van der Waals surface area contributed by atoms with Gasteiger partial charge in [-0.1, -0.05) is 67.2 Å². The van der Waals surface area contributed by atoms with Crippen LogP contribution >= 0.6 is 12.6 Å². The molecular weight excluding hydrogens is 210 g/mol. The number of hydrogen-bond acceptors (Lipinski definition) is 1. The Morgan fingerprint density at radius 2 is 1.50 bits per heavy atom. The molecule has 0 N–H and O–H groups in total. The first-order chi connectivity index (χ1) is 7.32. The van der Waals surface area contributed by atoms with Gasteiger partial charge in [0.2, 0.25) is 0 Å². The monoisotopic (exact) mass is 228 g/mol. The van der Waals surface area contributed by atoms with Crippen LogP contribution in [0.15, 0.2) is 35.2 Å². The van der Waals surface area contributed by atoms with Crippen molar-refractivity contribution in [1.82, 2.24) is 0 Å². The standard InChI is InChI=1S/C13H18B2S/c1-9(2)13(4)14-10-5-7-12(3,16)8-6-11(10)15-13/h5-9,16H,1-4H3. The van der Waals surface area contributed by atoms with Crippen LogP contribution in [-0.2, 0) is 0 Å². The fourth-order valence-corrected chi connectivity index (χ4v) is 2.22. The van der Waals surface area contributed by atoms with Gasteiger partial charge in [-0.3, -0.25) is 0 Å². The summed E-state index contributed by atoms with van der Waals surface area (Å²) in [6, 6.07) is 0. The Kier molecular flexibility index (Phi) is 2.94. The van der Waals surface area contributed by atoms with Gasteiger partial charge in [-0.2, -0.15) is 12.6 Å². The van der Waals surface area contributed by atoms with Gasteiger partial charge < -0.3 is 0 Å². The van der Waals surface area contributed by atoms with Crippen molar-refractivity contribution in [1.29, 1.82) is 0 Å². The first-order valence-electron chi connectivity index (χ1n) is 5.89. The van der Waals surface area contributed by atoms with Crippen LogP contribution in [0.3, 0.4) is 0 Å². The van der Waals surface area contributed by atoms with Crippen molar-refractivity contribution in [2.45, 2.75) is 37.7 Å². The zero-order valence-corrected chi connectivity index (χ0v) is 11.4. The minimum absolute atomic E-state index is 0.125. The van der Waals surface area contributed by atoms with E-state index in [2.05, 4.69) is 79.2 Å². The third-order valence-corrected chi connectivity index (χ3v) is 4.01. The van der Waals surface area contributed by atoms with Crippen LogP contribution in [0.5, 0.6) is 0 Å². The molecule has 0 aromatic rings. The molecule has 0 fully saturated rings. The van der Waals surface area contributed by atoms with Gasteiger partial charge in [0.25, 0.3) is 0 Å². The van der Waals surface area contributed by atoms with Crippen molar-refractivity contribution in [3.63, 3.8) is 0 Å². The van der Waals surface area contributed by atoms with Crippen LogP contribution in [0.1, 0.15) is 27.7 Å². The Hall–Kier alpha value is -0.300. The number of allylic oxidation sites excluding steroid dienone is 4. The van der Waals surface area contributed by atoms with Crippen LogP contribution in [-0.4, -0.2) is 19.3 Å². The van der Waals surface area contributed by atoms with Crippen molar-refractivity contribution in [3.8, 4) is 0 Å². The predicted octanol–water partition coefficient (Wildman–Crippen LogP) is 3.23. The maximum atomic E-state index is 4.59. The molecule has 1 aliphatic carbocycles. The second-order valence-corrected chi connectivity index (χ2v) is 6.58. The van der Waals surface area contributed by atoms with E-state index in [4.69, 9.17) is 0 Å². The van der Waals surface area contributed by atoms with E-state index in [1.165, 1.54) is 10.9 Å². The number of hydrogen-bond donors (Lipinski definition) is 1. The highest BCUT2D eigenvalue weighted by Gasteiger charge is 2.38. The molecule has 2 rings (SSSR count). The van der Waals surface area contributed by atoms with Gasteiger partial charge in [-0.05, 0) is 6.92 Å². The average Bonchev–Trinajstić information content (AvgIpc) is 2.45. The molecule has 16 heavy (non-hydrogen) atoms. The van der Waals surface area contributed by atoms with E-state index in [0.717, 1.165) is 0 Å². The van der Waals surface area contributed by atoms with Crippen molar-refractivity contribution >= 4 is 27.2 Å². The van der Waals surface area contributed by atoms with Crippen molar-refractivity contribution in [2.24, 2.45) is 5.92 Å². The number of thiol groups is 1. The highest BCUT2D eigenvalue weighted by molar-refractivity contribution is 7.82. The quantitative estimate of drug-likeness (QED) is 0.516.